The van der Waals surface area contributed by atoms with Gasteiger partial charge in [-0.3, -0.25) is 9.36 Å². The van der Waals surface area contributed by atoms with Crippen LogP contribution in [0.1, 0.15) is 26.3 Å². The molecule has 0 unspecified atom stereocenters. The van der Waals surface area contributed by atoms with Crippen molar-refractivity contribution in [3.8, 4) is 5.69 Å². The topological polar surface area (TPSA) is 81.3 Å². The highest BCUT2D eigenvalue weighted by atomic mass is 35.5. The Kier molecular flexibility index (Phi) is 5.52. The van der Waals surface area contributed by atoms with Crippen LogP contribution in [-0.4, -0.2) is 26.1 Å². The number of carboxylic acid groups (broad SMARTS) is 1. The zero-order valence-corrected chi connectivity index (χ0v) is 17.3. The lowest BCUT2D eigenvalue weighted by Gasteiger charge is -2.13. The van der Waals surface area contributed by atoms with Gasteiger partial charge >= 0.3 is 17.8 Å². The number of carbonyl (C=O) groups excluding carboxylic acids is 1. The van der Waals surface area contributed by atoms with E-state index >= 15 is 0 Å². The number of benzene rings is 3. The van der Waals surface area contributed by atoms with Crippen molar-refractivity contribution in [1.82, 2.24) is 9.13 Å². The maximum atomic E-state index is 14.8. The van der Waals surface area contributed by atoms with E-state index in [4.69, 9.17) is 16.7 Å². The van der Waals surface area contributed by atoms with Gasteiger partial charge in [0.2, 0.25) is 0 Å². The molecule has 0 spiro atoms. The molecule has 0 radical (unpaired) electrons. The van der Waals surface area contributed by atoms with Crippen LogP contribution >= 0.6 is 11.6 Å². The van der Waals surface area contributed by atoms with Gasteiger partial charge in [-0.15, -0.1) is 0 Å². The minimum atomic E-state index is -5.01. The Morgan fingerprint density at radius 1 is 0.941 bits per heavy atom. The van der Waals surface area contributed by atoms with Crippen molar-refractivity contribution in [2.75, 3.05) is 0 Å². The van der Waals surface area contributed by atoms with Crippen molar-refractivity contribution in [2.45, 2.75) is 6.18 Å². The number of alkyl halides is 3. The summed E-state index contributed by atoms with van der Waals surface area (Å²) in [4.78, 5) is 37.5. The van der Waals surface area contributed by atoms with E-state index in [9.17, 15) is 36.3 Å². The number of nitrogens with zero attached hydrogens (tertiary/aromatic N) is 2. The molecule has 12 heteroatoms. The maximum absolute atomic E-state index is 14.8. The molecule has 1 N–H and O–H groups in total. The molecule has 1 heterocycles. The second-order valence-electron chi connectivity index (χ2n) is 7.00. The molecule has 3 aromatic carbocycles. The van der Waals surface area contributed by atoms with Crippen molar-refractivity contribution in [1.29, 1.82) is 0 Å². The highest BCUT2D eigenvalue weighted by Crippen LogP contribution is 2.36. The van der Waals surface area contributed by atoms with E-state index in [1.54, 1.807) is 0 Å². The molecule has 174 valence electrons. The minimum absolute atomic E-state index is 0.249. The van der Waals surface area contributed by atoms with Crippen LogP contribution in [-0.2, 0) is 6.18 Å². The lowest BCUT2D eigenvalue weighted by atomic mass is 10.1. The largest absolute Gasteiger partial charge is 0.478 e. The van der Waals surface area contributed by atoms with Gasteiger partial charge in [0, 0.05) is 0 Å². The predicted octanol–water partition coefficient (Wildman–Crippen LogP) is 5.13. The van der Waals surface area contributed by atoms with Crippen LogP contribution in [0.3, 0.4) is 0 Å². The van der Waals surface area contributed by atoms with Crippen LogP contribution in [0.15, 0.2) is 59.4 Å². The fourth-order valence-electron chi connectivity index (χ4n) is 3.53. The van der Waals surface area contributed by atoms with Crippen molar-refractivity contribution in [3.05, 3.63) is 98.4 Å². The third kappa shape index (κ3) is 3.63. The standard InChI is InChI=1S/C22H10ClF5N2O4/c23-12-4-1-3-11(22(26,27)28)17(12)19(31)30-16-6-2-5-13(24)18(16)29(21(30)34)15-8-7-10(20(32)33)9-14(15)25/h1-9H,(H,32,33). The van der Waals surface area contributed by atoms with E-state index in [0.29, 0.717) is 16.7 Å². The highest BCUT2D eigenvalue weighted by molar-refractivity contribution is 6.34. The fourth-order valence-corrected chi connectivity index (χ4v) is 3.79. The zero-order chi connectivity index (χ0) is 24.9. The lowest BCUT2D eigenvalue weighted by molar-refractivity contribution is -0.137. The van der Waals surface area contributed by atoms with Crippen molar-refractivity contribution >= 4 is 34.5 Å². The van der Waals surface area contributed by atoms with Crippen LogP contribution in [0.4, 0.5) is 22.0 Å². The predicted molar refractivity (Wildman–Crippen MR) is 111 cm³/mol. The minimum Gasteiger partial charge on any atom is -0.478 e. The third-order valence-corrected chi connectivity index (χ3v) is 5.30. The van der Waals surface area contributed by atoms with Gasteiger partial charge in [-0.05, 0) is 42.5 Å². The van der Waals surface area contributed by atoms with E-state index in [1.165, 1.54) is 0 Å². The first-order valence-electron chi connectivity index (χ1n) is 9.29. The normalized spacial score (nSPS) is 11.7. The maximum Gasteiger partial charge on any atom is 0.417 e. The first kappa shape index (κ1) is 23.2. The molecule has 0 saturated carbocycles. The highest BCUT2D eigenvalue weighted by Gasteiger charge is 2.38. The van der Waals surface area contributed by atoms with Gasteiger partial charge in [-0.2, -0.15) is 13.2 Å². The van der Waals surface area contributed by atoms with Gasteiger partial charge in [0.25, 0.3) is 5.91 Å². The Bertz CT molecular complexity index is 1560. The molecule has 0 aliphatic heterocycles. The van der Waals surface area contributed by atoms with Gasteiger partial charge in [0.15, 0.2) is 0 Å². The Morgan fingerprint density at radius 3 is 2.24 bits per heavy atom. The SMILES string of the molecule is O=C(O)c1ccc(-n2c(=O)n(C(=O)c3c(Cl)cccc3C(F)(F)F)c3cccc(F)c32)c(F)c1. The number of carboxylic acids is 1. The number of aromatic carboxylic acids is 1. The summed E-state index contributed by atoms with van der Waals surface area (Å²) in [6.07, 6.45) is -5.01. The second kappa shape index (κ2) is 8.10. The van der Waals surface area contributed by atoms with Gasteiger partial charge in [0.1, 0.15) is 17.2 Å². The van der Waals surface area contributed by atoms with E-state index in [1.807, 2.05) is 0 Å². The molecule has 6 nitrogen and oxygen atoms in total. The lowest BCUT2D eigenvalue weighted by Crippen LogP contribution is -2.30. The zero-order valence-electron chi connectivity index (χ0n) is 16.5. The molecule has 0 bridgehead atoms. The second-order valence-corrected chi connectivity index (χ2v) is 7.40. The summed E-state index contributed by atoms with van der Waals surface area (Å²) in [7, 11) is 0. The monoisotopic (exact) mass is 496 g/mol. The number of halogens is 6. The smallest absolute Gasteiger partial charge is 0.417 e. The molecule has 0 atom stereocenters. The number of para-hydroxylation sites is 1. The summed E-state index contributed by atoms with van der Waals surface area (Å²) >= 11 is 5.88. The Labute approximate surface area is 191 Å². The fraction of sp³-hybridized carbons (Fsp3) is 0.0455. The molecule has 0 aliphatic carbocycles. The molecule has 4 aromatic rings. The number of carbonyl (C=O) groups is 2. The summed E-state index contributed by atoms with van der Waals surface area (Å²) in [6, 6.07) is 8.04. The molecule has 1 aromatic heterocycles. The number of aromatic nitrogens is 2. The van der Waals surface area contributed by atoms with Gasteiger partial charge < -0.3 is 5.11 Å². The molecule has 34 heavy (non-hydrogen) atoms. The summed E-state index contributed by atoms with van der Waals surface area (Å²) in [5.74, 6) is -5.32. The molecule has 0 fully saturated rings. The first-order valence-corrected chi connectivity index (χ1v) is 9.67. The average molecular weight is 497 g/mol. The van der Waals surface area contributed by atoms with Crippen LogP contribution in [0.25, 0.3) is 16.7 Å². The van der Waals surface area contributed by atoms with Gasteiger partial charge in [-0.1, -0.05) is 23.7 Å². The van der Waals surface area contributed by atoms with Crippen molar-refractivity contribution in [2.24, 2.45) is 0 Å². The molecular weight excluding hydrogens is 487 g/mol. The Balaban J connectivity index is 2.07. The van der Waals surface area contributed by atoms with Gasteiger partial charge in [0.05, 0.1) is 32.9 Å². The summed E-state index contributed by atoms with van der Waals surface area (Å²) in [6.45, 7) is 0. The van der Waals surface area contributed by atoms with Crippen molar-refractivity contribution < 1.29 is 36.6 Å². The molecule has 0 amide bonds. The van der Waals surface area contributed by atoms with Crippen molar-refractivity contribution in [3.63, 3.8) is 0 Å². The van der Waals surface area contributed by atoms with E-state index in [-0.39, 0.29) is 4.57 Å². The quantitative estimate of drug-likeness (QED) is 0.399. The van der Waals surface area contributed by atoms with E-state index < -0.39 is 73.8 Å². The number of hydrogen-bond acceptors (Lipinski definition) is 3. The number of hydrogen-bond donors (Lipinski definition) is 1. The third-order valence-electron chi connectivity index (χ3n) is 4.98. The Morgan fingerprint density at radius 2 is 1.62 bits per heavy atom. The molecule has 4 rings (SSSR count). The van der Waals surface area contributed by atoms with Gasteiger partial charge in [-0.25, -0.2) is 22.9 Å². The number of imidazole rings is 1. The van der Waals surface area contributed by atoms with Crippen LogP contribution in [0, 0.1) is 11.6 Å². The first-order chi connectivity index (χ1) is 15.9. The van der Waals surface area contributed by atoms with Crippen LogP contribution < -0.4 is 5.69 Å². The van der Waals surface area contributed by atoms with Crippen LogP contribution in [0.5, 0.6) is 0 Å². The summed E-state index contributed by atoms with van der Waals surface area (Å²) < 4.78 is 70.8. The van der Waals surface area contributed by atoms with E-state index in [0.717, 1.165) is 42.5 Å². The molecule has 0 saturated heterocycles. The number of rotatable bonds is 3. The van der Waals surface area contributed by atoms with E-state index in [2.05, 4.69) is 0 Å². The average Bonchev–Trinajstić information content (AvgIpc) is 3.05. The molecule has 0 aliphatic rings. The molecular formula is C22H10ClF5N2O4. The summed E-state index contributed by atoms with van der Waals surface area (Å²) in [5, 5.41) is 8.40. The van der Waals surface area contributed by atoms with Crippen LogP contribution in [0.2, 0.25) is 5.02 Å². The number of fused-ring (bicyclic) bond motifs is 1. The Hall–Kier alpha value is -3.99. The summed E-state index contributed by atoms with van der Waals surface area (Å²) in [5.41, 5.74) is -6.02.